The van der Waals surface area contributed by atoms with Gasteiger partial charge in [-0.3, -0.25) is 0 Å². The van der Waals surface area contributed by atoms with Crippen LogP contribution in [0, 0.1) is 11.8 Å². The molecular weight excluding hydrogens is 296 g/mol. The predicted molar refractivity (Wildman–Crippen MR) is 109 cm³/mol. The van der Waals surface area contributed by atoms with Crippen LogP contribution in [0.5, 0.6) is 0 Å². The molecule has 0 aliphatic heterocycles. The van der Waals surface area contributed by atoms with Gasteiger partial charge >= 0.3 is 0 Å². The molecule has 0 nitrogen and oxygen atoms in total. The summed E-state index contributed by atoms with van der Waals surface area (Å²) in [6, 6.07) is 0. The molecule has 0 saturated carbocycles. The molecule has 2 atom stereocenters. The zero-order valence-electron chi connectivity index (χ0n) is 16.4. The smallest absolute Gasteiger partial charge is 0.0311 e. The van der Waals surface area contributed by atoms with Crippen molar-refractivity contribution >= 4 is 11.8 Å². The van der Waals surface area contributed by atoms with Crippen molar-refractivity contribution < 1.29 is 0 Å². The van der Waals surface area contributed by atoms with Crippen molar-refractivity contribution in [3.63, 3.8) is 0 Å². The zero-order valence-corrected chi connectivity index (χ0v) is 17.2. The van der Waals surface area contributed by atoms with Crippen LogP contribution in [0.4, 0.5) is 0 Å². The minimum atomic E-state index is 0.421. The summed E-state index contributed by atoms with van der Waals surface area (Å²) in [7, 11) is 0. The third-order valence-corrected chi connectivity index (χ3v) is 6.95. The average molecular weight is 339 g/mol. The molecule has 0 spiro atoms. The summed E-state index contributed by atoms with van der Waals surface area (Å²) in [4.78, 5) is 0. The topological polar surface area (TPSA) is 0 Å². The molecule has 1 aliphatic carbocycles. The van der Waals surface area contributed by atoms with Gasteiger partial charge in [0, 0.05) is 4.75 Å². The molecular formula is C22H42S. The van der Waals surface area contributed by atoms with E-state index in [4.69, 9.17) is 0 Å². The van der Waals surface area contributed by atoms with E-state index in [-0.39, 0.29) is 0 Å². The molecule has 1 rings (SSSR count). The second-order valence-electron chi connectivity index (χ2n) is 8.15. The summed E-state index contributed by atoms with van der Waals surface area (Å²) < 4.78 is 0.421. The summed E-state index contributed by atoms with van der Waals surface area (Å²) in [5.74, 6) is 2.98. The van der Waals surface area contributed by atoms with Gasteiger partial charge in [-0.15, -0.1) is 0 Å². The molecule has 0 amide bonds. The van der Waals surface area contributed by atoms with Crippen molar-refractivity contribution in [3.8, 4) is 0 Å². The minimum Gasteiger partial charge on any atom is -0.151 e. The van der Waals surface area contributed by atoms with Gasteiger partial charge in [-0.2, -0.15) is 11.8 Å². The third kappa shape index (κ3) is 9.85. The number of allylic oxidation sites excluding steroid dienone is 1. The van der Waals surface area contributed by atoms with Crippen molar-refractivity contribution in [1.82, 2.24) is 0 Å². The molecule has 136 valence electrons. The lowest BCUT2D eigenvalue weighted by molar-refractivity contribution is 0.394. The van der Waals surface area contributed by atoms with Crippen LogP contribution in [-0.4, -0.2) is 10.5 Å². The lowest BCUT2D eigenvalue weighted by atomic mass is 9.83. The Labute approximate surface area is 151 Å². The fourth-order valence-electron chi connectivity index (χ4n) is 3.53. The summed E-state index contributed by atoms with van der Waals surface area (Å²) in [5, 5.41) is 0. The second-order valence-corrected chi connectivity index (χ2v) is 9.78. The van der Waals surface area contributed by atoms with Crippen LogP contribution in [0.3, 0.4) is 0 Å². The first-order valence-electron chi connectivity index (χ1n) is 10.4. The van der Waals surface area contributed by atoms with Crippen LogP contribution in [0.2, 0.25) is 0 Å². The first-order chi connectivity index (χ1) is 11.1. The molecule has 0 N–H and O–H groups in total. The van der Waals surface area contributed by atoms with Crippen molar-refractivity contribution in [2.24, 2.45) is 11.8 Å². The lowest BCUT2D eigenvalue weighted by Gasteiger charge is -2.33. The van der Waals surface area contributed by atoms with E-state index in [2.05, 4.69) is 51.6 Å². The standard InChI is InChI=1S/C22H42S/c1-5-6-7-8-9-10-11-12-13-14-19-23-22(4)17-15-21(16-18-22)20(2)3/h15,17,20-21H,5-14,16,18-19H2,1-4H3. The van der Waals surface area contributed by atoms with Crippen molar-refractivity contribution in [1.29, 1.82) is 0 Å². The van der Waals surface area contributed by atoms with E-state index in [0.29, 0.717) is 4.75 Å². The van der Waals surface area contributed by atoms with Crippen LogP contribution >= 0.6 is 11.8 Å². The Morgan fingerprint density at radius 1 is 0.957 bits per heavy atom. The van der Waals surface area contributed by atoms with Gasteiger partial charge in [-0.05, 0) is 43.8 Å². The fraction of sp³-hybridized carbons (Fsp3) is 0.909. The molecule has 1 aliphatic rings. The highest BCUT2D eigenvalue weighted by atomic mass is 32.2. The molecule has 0 heterocycles. The first kappa shape index (κ1) is 21.1. The Morgan fingerprint density at radius 3 is 2.00 bits per heavy atom. The van der Waals surface area contributed by atoms with E-state index < -0.39 is 0 Å². The van der Waals surface area contributed by atoms with E-state index >= 15 is 0 Å². The Bertz CT molecular complexity index is 307. The molecule has 1 heteroatoms. The number of thioether (sulfide) groups is 1. The summed E-state index contributed by atoms with van der Waals surface area (Å²) in [6.07, 6.45) is 22.2. The Balaban J connectivity index is 1.96. The van der Waals surface area contributed by atoms with Crippen molar-refractivity contribution in [3.05, 3.63) is 12.2 Å². The molecule has 0 saturated heterocycles. The highest BCUT2D eigenvalue weighted by molar-refractivity contribution is 8.00. The Kier molecular flexibility index (Phi) is 11.4. The summed E-state index contributed by atoms with van der Waals surface area (Å²) >= 11 is 2.20. The molecule has 0 radical (unpaired) electrons. The SMILES string of the molecule is CCCCCCCCCCCCSC1(C)C=CC(C(C)C)CC1. The van der Waals surface area contributed by atoms with Crippen LogP contribution in [0.25, 0.3) is 0 Å². The maximum absolute atomic E-state index is 2.52. The molecule has 0 aromatic rings. The Hall–Kier alpha value is 0.0900. The van der Waals surface area contributed by atoms with E-state index in [1.807, 2.05) is 0 Å². The molecule has 0 aromatic carbocycles. The molecule has 23 heavy (non-hydrogen) atoms. The van der Waals surface area contributed by atoms with Crippen LogP contribution < -0.4 is 0 Å². The van der Waals surface area contributed by atoms with E-state index in [0.717, 1.165) is 11.8 Å². The van der Waals surface area contributed by atoms with Gasteiger partial charge < -0.3 is 0 Å². The van der Waals surface area contributed by atoms with Gasteiger partial charge in [-0.25, -0.2) is 0 Å². The second kappa shape index (κ2) is 12.5. The minimum absolute atomic E-state index is 0.421. The first-order valence-corrected chi connectivity index (χ1v) is 11.4. The van der Waals surface area contributed by atoms with E-state index in [1.165, 1.54) is 82.8 Å². The van der Waals surface area contributed by atoms with Gasteiger partial charge in [0.1, 0.15) is 0 Å². The van der Waals surface area contributed by atoms with Gasteiger partial charge in [0.25, 0.3) is 0 Å². The highest BCUT2D eigenvalue weighted by Gasteiger charge is 2.27. The van der Waals surface area contributed by atoms with Crippen molar-refractivity contribution in [2.45, 2.75) is 109 Å². The number of hydrogen-bond donors (Lipinski definition) is 0. The molecule has 0 bridgehead atoms. The zero-order chi connectivity index (χ0) is 17.0. The maximum Gasteiger partial charge on any atom is 0.0311 e. The molecule has 0 aromatic heterocycles. The fourth-order valence-corrected chi connectivity index (χ4v) is 4.78. The lowest BCUT2D eigenvalue weighted by Crippen LogP contribution is -2.24. The largest absolute Gasteiger partial charge is 0.151 e. The summed E-state index contributed by atoms with van der Waals surface area (Å²) in [6.45, 7) is 9.45. The monoisotopic (exact) mass is 338 g/mol. The summed E-state index contributed by atoms with van der Waals surface area (Å²) in [5.41, 5.74) is 0. The predicted octanol–water partition coefficient (Wildman–Crippen LogP) is 8.02. The number of unbranched alkanes of at least 4 members (excludes halogenated alkanes) is 9. The molecule has 0 fully saturated rings. The number of hydrogen-bond acceptors (Lipinski definition) is 1. The normalized spacial score (nSPS) is 24.5. The maximum atomic E-state index is 2.52. The van der Waals surface area contributed by atoms with Gasteiger partial charge in [0.15, 0.2) is 0 Å². The molecule has 2 unspecified atom stereocenters. The van der Waals surface area contributed by atoms with Gasteiger partial charge in [-0.1, -0.05) is 90.7 Å². The van der Waals surface area contributed by atoms with Crippen LogP contribution in [0.15, 0.2) is 12.2 Å². The van der Waals surface area contributed by atoms with Gasteiger partial charge in [0.05, 0.1) is 0 Å². The van der Waals surface area contributed by atoms with Crippen LogP contribution in [-0.2, 0) is 0 Å². The highest BCUT2D eigenvalue weighted by Crippen LogP contribution is 2.39. The van der Waals surface area contributed by atoms with E-state index in [9.17, 15) is 0 Å². The average Bonchev–Trinajstić information content (AvgIpc) is 2.53. The quantitative estimate of drug-likeness (QED) is 0.242. The third-order valence-electron chi connectivity index (χ3n) is 5.46. The van der Waals surface area contributed by atoms with E-state index in [1.54, 1.807) is 0 Å². The number of rotatable bonds is 13. The Morgan fingerprint density at radius 2 is 1.52 bits per heavy atom. The van der Waals surface area contributed by atoms with Crippen LogP contribution in [0.1, 0.15) is 105 Å². The van der Waals surface area contributed by atoms with Crippen molar-refractivity contribution in [2.75, 3.05) is 5.75 Å². The van der Waals surface area contributed by atoms with Gasteiger partial charge in [0.2, 0.25) is 0 Å².